The first-order chi connectivity index (χ1) is 12.8. The maximum atomic E-state index is 12.6. The molecule has 2 N–H and O–H groups in total. The van der Waals surface area contributed by atoms with Crippen molar-refractivity contribution in [3.8, 4) is 0 Å². The smallest absolute Gasteiger partial charge is 0.319 e. The van der Waals surface area contributed by atoms with E-state index in [9.17, 15) is 4.79 Å². The van der Waals surface area contributed by atoms with E-state index in [1.165, 1.54) is 30.5 Å². The number of hydrogen-bond acceptors (Lipinski definition) is 2. The molecule has 0 unspecified atom stereocenters. The Morgan fingerprint density at radius 2 is 1.65 bits per heavy atom. The molecular formula is C22H27N3O. The molecule has 1 saturated heterocycles. The first-order valence-electron chi connectivity index (χ1n) is 9.75. The number of piperidine rings is 1. The quantitative estimate of drug-likeness (QED) is 0.826. The molecule has 2 aliphatic rings. The van der Waals surface area contributed by atoms with Crippen LogP contribution < -0.4 is 15.5 Å². The Kier molecular flexibility index (Phi) is 4.83. The number of rotatable bonds is 4. The number of amides is 2. The summed E-state index contributed by atoms with van der Waals surface area (Å²) in [5, 5.41) is 6.27. The molecule has 26 heavy (non-hydrogen) atoms. The fourth-order valence-corrected chi connectivity index (χ4v) is 4.09. The Morgan fingerprint density at radius 1 is 0.885 bits per heavy atom. The van der Waals surface area contributed by atoms with Gasteiger partial charge in [0.2, 0.25) is 0 Å². The second-order valence-electron chi connectivity index (χ2n) is 7.48. The van der Waals surface area contributed by atoms with Crippen LogP contribution in [-0.2, 0) is 5.54 Å². The van der Waals surface area contributed by atoms with Gasteiger partial charge in [-0.1, -0.05) is 36.4 Å². The van der Waals surface area contributed by atoms with Gasteiger partial charge in [-0.2, -0.15) is 0 Å². The Morgan fingerprint density at radius 3 is 2.35 bits per heavy atom. The summed E-state index contributed by atoms with van der Waals surface area (Å²) in [5.74, 6) is 0. The van der Waals surface area contributed by atoms with E-state index in [-0.39, 0.29) is 11.6 Å². The fourth-order valence-electron chi connectivity index (χ4n) is 4.09. The van der Waals surface area contributed by atoms with Gasteiger partial charge in [0.25, 0.3) is 0 Å². The molecule has 0 spiro atoms. The van der Waals surface area contributed by atoms with Crippen molar-refractivity contribution in [2.24, 2.45) is 0 Å². The van der Waals surface area contributed by atoms with E-state index in [0.717, 1.165) is 38.0 Å². The zero-order chi connectivity index (χ0) is 17.8. The summed E-state index contributed by atoms with van der Waals surface area (Å²) in [6.45, 7) is 2.21. The summed E-state index contributed by atoms with van der Waals surface area (Å²) in [7, 11) is 0. The van der Waals surface area contributed by atoms with Gasteiger partial charge in [-0.15, -0.1) is 0 Å². The molecule has 0 aromatic heterocycles. The number of benzene rings is 2. The molecule has 2 aromatic carbocycles. The molecule has 0 bridgehead atoms. The van der Waals surface area contributed by atoms with Gasteiger partial charge < -0.3 is 15.5 Å². The van der Waals surface area contributed by atoms with Crippen molar-refractivity contribution >= 4 is 17.4 Å². The van der Waals surface area contributed by atoms with Crippen LogP contribution in [-0.4, -0.2) is 19.1 Å². The van der Waals surface area contributed by atoms with Crippen LogP contribution in [0.25, 0.3) is 0 Å². The minimum absolute atomic E-state index is 0.121. The van der Waals surface area contributed by atoms with Crippen LogP contribution in [0.15, 0.2) is 54.6 Å². The molecule has 4 heteroatoms. The van der Waals surface area contributed by atoms with Gasteiger partial charge in [-0.25, -0.2) is 4.79 Å². The molecule has 1 heterocycles. The third-order valence-electron chi connectivity index (χ3n) is 5.71. The van der Waals surface area contributed by atoms with Crippen LogP contribution in [0.5, 0.6) is 0 Å². The molecule has 4 nitrogen and oxygen atoms in total. The molecule has 2 fully saturated rings. The molecule has 1 saturated carbocycles. The summed E-state index contributed by atoms with van der Waals surface area (Å²) in [4.78, 5) is 15.1. The van der Waals surface area contributed by atoms with Gasteiger partial charge in [0.05, 0.1) is 5.54 Å². The van der Waals surface area contributed by atoms with Crippen molar-refractivity contribution in [3.05, 3.63) is 60.2 Å². The Bertz CT molecular complexity index is 749. The summed E-state index contributed by atoms with van der Waals surface area (Å²) in [6.07, 6.45) is 6.96. The maximum Gasteiger partial charge on any atom is 0.319 e. The highest BCUT2D eigenvalue weighted by atomic mass is 16.2. The molecule has 2 aromatic rings. The molecule has 0 atom stereocenters. The number of nitrogens with zero attached hydrogens (tertiary/aromatic N) is 1. The van der Waals surface area contributed by atoms with Crippen molar-refractivity contribution in [2.45, 2.75) is 44.1 Å². The maximum absolute atomic E-state index is 12.6. The molecule has 1 aliphatic carbocycles. The summed E-state index contributed by atoms with van der Waals surface area (Å²) in [5.41, 5.74) is 3.04. The van der Waals surface area contributed by atoms with E-state index in [4.69, 9.17) is 0 Å². The van der Waals surface area contributed by atoms with E-state index >= 15 is 0 Å². The molecule has 136 valence electrons. The van der Waals surface area contributed by atoms with E-state index in [2.05, 4.69) is 39.8 Å². The lowest BCUT2D eigenvalue weighted by Gasteiger charge is -2.43. The minimum Gasteiger partial charge on any atom is -0.371 e. The third kappa shape index (κ3) is 3.55. The van der Waals surface area contributed by atoms with E-state index < -0.39 is 0 Å². The normalized spacial score (nSPS) is 18.7. The first-order valence-corrected chi connectivity index (χ1v) is 9.75. The predicted octanol–water partition coefficient (Wildman–Crippen LogP) is 4.88. The van der Waals surface area contributed by atoms with Gasteiger partial charge in [-0.05, 0) is 62.3 Å². The number of nitrogens with one attached hydrogen (secondary N) is 2. The summed E-state index contributed by atoms with van der Waals surface area (Å²) in [6, 6.07) is 18.4. The third-order valence-corrected chi connectivity index (χ3v) is 5.71. The van der Waals surface area contributed by atoms with Crippen LogP contribution in [0, 0.1) is 0 Å². The van der Waals surface area contributed by atoms with Crippen molar-refractivity contribution in [2.75, 3.05) is 23.3 Å². The number of carbonyl (C=O) groups is 1. The lowest BCUT2D eigenvalue weighted by molar-refractivity contribution is 0.185. The minimum atomic E-state index is -0.212. The highest BCUT2D eigenvalue weighted by Gasteiger charge is 2.39. The number of hydrogen-bond donors (Lipinski definition) is 2. The summed E-state index contributed by atoms with van der Waals surface area (Å²) >= 11 is 0. The first kappa shape index (κ1) is 17.0. The van der Waals surface area contributed by atoms with E-state index in [1.807, 2.05) is 30.3 Å². The number of urea groups is 1. The largest absolute Gasteiger partial charge is 0.371 e. The lowest BCUT2D eigenvalue weighted by Crippen LogP contribution is -2.52. The zero-order valence-corrected chi connectivity index (χ0v) is 15.2. The van der Waals surface area contributed by atoms with E-state index in [0.29, 0.717) is 0 Å². The van der Waals surface area contributed by atoms with Crippen molar-refractivity contribution in [1.82, 2.24) is 5.32 Å². The Balaban J connectivity index is 1.43. The average Bonchev–Trinajstić information content (AvgIpc) is 2.66. The Hall–Kier alpha value is -2.49. The lowest BCUT2D eigenvalue weighted by atomic mass is 9.72. The molecule has 2 amide bonds. The highest BCUT2D eigenvalue weighted by molar-refractivity contribution is 5.90. The average molecular weight is 349 g/mol. The highest BCUT2D eigenvalue weighted by Crippen LogP contribution is 2.41. The van der Waals surface area contributed by atoms with Crippen LogP contribution in [0.2, 0.25) is 0 Å². The second kappa shape index (κ2) is 7.40. The zero-order valence-electron chi connectivity index (χ0n) is 15.2. The van der Waals surface area contributed by atoms with Crippen molar-refractivity contribution in [1.29, 1.82) is 0 Å². The SMILES string of the molecule is O=C(Nc1cccc(N2CCCCC2)c1)NC1(c2ccccc2)CCC1. The molecule has 1 aliphatic heterocycles. The standard InChI is InChI=1S/C22H27N3O/c26-21(24-22(13-8-14-22)18-9-3-1-4-10-18)23-19-11-7-12-20(17-19)25-15-5-2-6-16-25/h1,3-4,7,9-12,17H,2,5-6,8,13-16H2,(H2,23,24,26). The molecular weight excluding hydrogens is 322 g/mol. The van der Waals surface area contributed by atoms with Crippen LogP contribution in [0.4, 0.5) is 16.2 Å². The van der Waals surface area contributed by atoms with Crippen LogP contribution in [0.3, 0.4) is 0 Å². The predicted molar refractivity (Wildman–Crippen MR) is 107 cm³/mol. The van der Waals surface area contributed by atoms with Gasteiger partial charge in [-0.3, -0.25) is 0 Å². The molecule has 4 rings (SSSR count). The van der Waals surface area contributed by atoms with Gasteiger partial charge in [0.1, 0.15) is 0 Å². The van der Waals surface area contributed by atoms with E-state index in [1.54, 1.807) is 0 Å². The topological polar surface area (TPSA) is 44.4 Å². The fraction of sp³-hybridized carbons (Fsp3) is 0.409. The second-order valence-corrected chi connectivity index (χ2v) is 7.48. The van der Waals surface area contributed by atoms with Crippen molar-refractivity contribution in [3.63, 3.8) is 0 Å². The number of carbonyl (C=O) groups excluding carboxylic acids is 1. The van der Waals surface area contributed by atoms with Gasteiger partial charge in [0.15, 0.2) is 0 Å². The van der Waals surface area contributed by atoms with Gasteiger partial charge >= 0.3 is 6.03 Å². The molecule has 0 radical (unpaired) electrons. The van der Waals surface area contributed by atoms with Gasteiger partial charge in [0, 0.05) is 24.5 Å². The summed E-state index contributed by atoms with van der Waals surface area (Å²) < 4.78 is 0. The van der Waals surface area contributed by atoms with Crippen LogP contribution in [0.1, 0.15) is 44.1 Å². The van der Waals surface area contributed by atoms with Crippen molar-refractivity contribution < 1.29 is 4.79 Å². The number of anilines is 2. The Labute approximate surface area is 155 Å². The monoisotopic (exact) mass is 349 g/mol. The van der Waals surface area contributed by atoms with Crippen LogP contribution >= 0.6 is 0 Å².